The molecule has 1 aliphatic rings. The van der Waals surface area contributed by atoms with Crippen LogP contribution < -0.4 is 10.6 Å². The maximum Gasteiger partial charge on any atom is 0.407 e. The Bertz CT molecular complexity index is 1490. The Morgan fingerprint density at radius 1 is 0.386 bits per heavy atom. The van der Waals surface area contributed by atoms with Crippen LogP contribution in [0, 0.1) is 0 Å². The first-order valence-corrected chi connectivity index (χ1v) is 36.3. The number of hydrogen-bond donors (Lipinski definition) is 6. The normalized spacial score (nSPS) is 17.2. The summed E-state index contributed by atoms with van der Waals surface area (Å²) in [7, 11) is 0. The minimum absolute atomic E-state index is 0.0258. The van der Waals surface area contributed by atoms with Gasteiger partial charge >= 0.3 is 6.09 Å². The minimum atomic E-state index is -1.49. The van der Waals surface area contributed by atoms with Crippen LogP contribution in [0.25, 0.3) is 0 Å². The lowest BCUT2D eigenvalue weighted by Gasteiger charge is -2.39. The number of carbonyl (C=O) groups excluding carboxylic acids is 3. The van der Waals surface area contributed by atoms with Crippen molar-refractivity contribution in [1.29, 1.82) is 0 Å². The summed E-state index contributed by atoms with van der Waals surface area (Å²) in [6, 6.07) is 0. The summed E-state index contributed by atoms with van der Waals surface area (Å²) in [6.45, 7) is 10.3. The number of rotatable bonds is 70. The largest absolute Gasteiger partial charge is 0.447 e. The van der Waals surface area contributed by atoms with E-state index in [9.17, 15) is 34.8 Å². The molecular weight excluding hydrogens is 1120 g/mol. The van der Waals surface area contributed by atoms with Crippen LogP contribution in [0.4, 0.5) is 4.79 Å². The number of alkyl carbamates (subject to hydrolysis) is 1. The number of carbonyl (C=O) groups is 3. The fraction of sp³-hybridized carbons (Fsp3) is 0.957. The van der Waals surface area contributed by atoms with Crippen molar-refractivity contribution in [3.8, 4) is 0 Å². The molecule has 0 bridgehead atoms. The Balaban J connectivity index is 2.05. The summed E-state index contributed by atoms with van der Waals surface area (Å²) in [4.78, 5) is 37.3. The standard InChI is InChI=1S/C70H136N2O16/c1-3-5-7-9-11-13-15-17-19-21-23-25-27-29-31-39-50-84-60-63(85-51-41-32-30-28-26-24-22-20-18-16-14-12-10-8-6-4-2)61-87-70(79)72-46-38-33-35-43-62(74)44-37-42-49-81-54-53-80-48-40-34-36-45-65(75)71-47-52-82-55-56-83-57-58-86-69-68(78)67(77)66(76)64(59-73)88-69/h63-64,66-69,73,76-78H,3-61H2,1-2H3,(H,71,75)(H,72,79)/t63-,64?,66+,67-,68?,69-/m0/s1. The molecule has 1 saturated heterocycles. The molecule has 1 aliphatic heterocycles. The summed E-state index contributed by atoms with van der Waals surface area (Å²) < 4.78 is 50.8. The van der Waals surface area contributed by atoms with Gasteiger partial charge in [-0.05, 0) is 51.4 Å². The third kappa shape index (κ3) is 55.6. The Morgan fingerprint density at radius 3 is 1.30 bits per heavy atom. The highest BCUT2D eigenvalue weighted by molar-refractivity contribution is 5.78. The molecule has 2 amide bonds. The summed E-state index contributed by atoms with van der Waals surface area (Å²) in [6.07, 6.45) is 43.7. The van der Waals surface area contributed by atoms with Gasteiger partial charge in [-0.1, -0.05) is 219 Å². The third-order valence-electron chi connectivity index (χ3n) is 16.5. The summed E-state index contributed by atoms with van der Waals surface area (Å²) in [5.41, 5.74) is 0. The maximum atomic E-state index is 12.7. The summed E-state index contributed by atoms with van der Waals surface area (Å²) in [5, 5.41) is 44.6. The SMILES string of the molecule is CCCCCCCCCCCCCCCCCCOC[C@@H](COC(=O)NCCCCCC(=O)CCCCOCCOCCCCCC(=O)NCCOCCOCCO[C@H]1OC(CO)[C@@H](O)[C@H](O)C1O)OCCCCCCCCCCCCCCCCCC. The van der Waals surface area contributed by atoms with Crippen LogP contribution in [0.3, 0.4) is 0 Å². The molecule has 18 heteroatoms. The number of unbranched alkanes of at least 4 members (excludes halogenated alkanes) is 35. The van der Waals surface area contributed by atoms with Crippen molar-refractivity contribution in [3.63, 3.8) is 0 Å². The molecule has 6 N–H and O–H groups in total. The second-order valence-electron chi connectivity index (χ2n) is 24.7. The number of ketones is 1. The summed E-state index contributed by atoms with van der Waals surface area (Å²) in [5.74, 6) is 0.242. The van der Waals surface area contributed by atoms with E-state index in [0.29, 0.717) is 98.4 Å². The number of hydrogen-bond acceptors (Lipinski definition) is 16. The molecule has 18 nitrogen and oxygen atoms in total. The average molecular weight is 1260 g/mol. The van der Waals surface area contributed by atoms with Crippen LogP contribution in [-0.4, -0.2) is 181 Å². The van der Waals surface area contributed by atoms with Gasteiger partial charge in [0.05, 0.1) is 59.5 Å². The molecule has 0 spiro atoms. The molecule has 2 unspecified atom stereocenters. The molecule has 0 saturated carbocycles. The Labute approximate surface area is 536 Å². The van der Waals surface area contributed by atoms with E-state index in [-0.39, 0.29) is 37.6 Å². The van der Waals surface area contributed by atoms with Gasteiger partial charge in [-0.3, -0.25) is 9.59 Å². The first-order chi connectivity index (χ1) is 43.2. The zero-order valence-corrected chi connectivity index (χ0v) is 56.4. The van der Waals surface area contributed by atoms with Crippen molar-refractivity contribution in [2.24, 2.45) is 0 Å². The average Bonchev–Trinajstić information content (AvgIpc) is 3.69. The molecule has 1 fully saturated rings. The van der Waals surface area contributed by atoms with E-state index in [0.717, 1.165) is 70.6 Å². The third-order valence-corrected chi connectivity index (χ3v) is 16.5. The highest BCUT2D eigenvalue weighted by Crippen LogP contribution is 2.22. The molecule has 0 aromatic carbocycles. The van der Waals surface area contributed by atoms with Gasteiger partial charge in [0, 0.05) is 58.8 Å². The van der Waals surface area contributed by atoms with E-state index in [1.807, 2.05) is 0 Å². The molecule has 0 aromatic heterocycles. The van der Waals surface area contributed by atoms with E-state index < -0.39 is 43.4 Å². The van der Waals surface area contributed by atoms with Gasteiger partial charge in [0.25, 0.3) is 0 Å². The Hall–Kier alpha value is -2.07. The molecular formula is C70H136N2O16. The van der Waals surface area contributed by atoms with E-state index in [4.69, 9.17) is 42.6 Å². The molecule has 6 atom stereocenters. The van der Waals surface area contributed by atoms with Crippen molar-refractivity contribution in [3.05, 3.63) is 0 Å². The predicted molar refractivity (Wildman–Crippen MR) is 351 cm³/mol. The smallest absolute Gasteiger partial charge is 0.407 e. The molecule has 0 aromatic rings. The molecule has 1 rings (SSSR count). The van der Waals surface area contributed by atoms with Gasteiger partial charge in [-0.15, -0.1) is 0 Å². The molecule has 0 radical (unpaired) electrons. The zero-order chi connectivity index (χ0) is 63.7. The van der Waals surface area contributed by atoms with Crippen molar-refractivity contribution in [1.82, 2.24) is 10.6 Å². The van der Waals surface area contributed by atoms with Gasteiger partial charge < -0.3 is 73.7 Å². The van der Waals surface area contributed by atoms with Crippen LogP contribution in [0.1, 0.15) is 290 Å². The van der Waals surface area contributed by atoms with E-state index in [2.05, 4.69) is 24.5 Å². The van der Waals surface area contributed by atoms with E-state index in [1.54, 1.807) is 0 Å². The van der Waals surface area contributed by atoms with Gasteiger partial charge in [0.2, 0.25) is 5.91 Å². The Kier molecular flexibility index (Phi) is 63.3. The second-order valence-corrected chi connectivity index (χ2v) is 24.7. The maximum absolute atomic E-state index is 12.7. The van der Waals surface area contributed by atoms with Crippen LogP contribution in [0.2, 0.25) is 0 Å². The predicted octanol–water partition coefficient (Wildman–Crippen LogP) is 13.5. The van der Waals surface area contributed by atoms with E-state index in [1.165, 1.54) is 186 Å². The fourth-order valence-electron chi connectivity index (χ4n) is 10.8. The number of nitrogens with one attached hydrogen (secondary N) is 2. The van der Waals surface area contributed by atoms with Crippen molar-refractivity contribution >= 4 is 17.8 Å². The number of aliphatic hydroxyl groups excluding tert-OH is 4. The molecule has 88 heavy (non-hydrogen) atoms. The van der Waals surface area contributed by atoms with Crippen molar-refractivity contribution in [2.45, 2.75) is 327 Å². The van der Waals surface area contributed by atoms with Gasteiger partial charge in [-0.25, -0.2) is 4.79 Å². The van der Waals surface area contributed by atoms with Crippen molar-refractivity contribution in [2.75, 3.05) is 106 Å². The second kappa shape index (κ2) is 66.4. The highest BCUT2D eigenvalue weighted by Gasteiger charge is 2.44. The topological polar surface area (TPSA) is 239 Å². The molecule has 0 aliphatic carbocycles. The summed E-state index contributed by atoms with van der Waals surface area (Å²) >= 11 is 0. The first-order valence-electron chi connectivity index (χ1n) is 36.3. The number of amides is 2. The van der Waals surface area contributed by atoms with Gasteiger partial charge in [0.1, 0.15) is 42.9 Å². The van der Waals surface area contributed by atoms with Crippen LogP contribution in [0.15, 0.2) is 0 Å². The first kappa shape index (κ1) is 83.9. The molecule has 1 heterocycles. The van der Waals surface area contributed by atoms with Crippen LogP contribution in [-0.2, 0) is 52.2 Å². The van der Waals surface area contributed by atoms with Crippen LogP contribution >= 0.6 is 0 Å². The quantitative estimate of drug-likeness (QED) is 0.0310. The zero-order valence-electron chi connectivity index (χ0n) is 56.4. The van der Waals surface area contributed by atoms with Gasteiger partial charge in [0.15, 0.2) is 6.29 Å². The molecule has 522 valence electrons. The minimum Gasteiger partial charge on any atom is -0.447 e. The van der Waals surface area contributed by atoms with Crippen LogP contribution in [0.5, 0.6) is 0 Å². The monoisotopic (exact) mass is 1260 g/mol. The van der Waals surface area contributed by atoms with Crippen molar-refractivity contribution < 1.29 is 77.4 Å². The van der Waals surface area contributed by atoms with Gasteiger partial charge in [-0.2, -0.15) is 0 Å². The lowest BCUT2D eigenvalue weighted by Crippen LogP contribution is -2.59. The number of ether oxygens (including phenoxy) is 9. The number of aliphatic hydroxyl groups is 4. The fourth-order valence-corrected chi connectivity index (χ4v) is 10.8. The lowest BCUT2D eigenvalue weighted by atomic mass is 9.99. The highest BCUT2D eigenvalue weighted by atomic mass is 16.7. The lowest BCUT2D eigenvalue weighted by molar-refractivity contribution is -0.302. The Morgan fingerprint density at radius 2 is 0.784 bits per heavy atom. The number of Topliss-reactive ketones (excluding diaryl/α,β-unsaturated/α-hetero) is 1. The van der Waals surface area contributed by atoms with E-state index >= 15 is 0 Å².